The van der Waals surface area contributed by atoms with Crippen LogP contribution in [0.1, 0.15) is 0 Å². The van der Waals surface area contributed by atoms with E-state index in [1.807, 2.05) is 0 Å². The van der Waals surface area contributed by atoms with Crippen LogP contribution in [0.5, 0.6) is 0 Å². The number of halogens is 12. The van der Waals surface area contributed by atoms with Crippen LogP contribution in [-0.4, -0.2) is 35.6 Å². The third kappa shape index (κ3) is 2.31. The Morgan fingerprint density at radius 1 is 0.667 bits per heavy atom. The molecular formula is C5HF12N. The van der Waals surface area contributed by atoms with Crippen LogP contribution < -0.4 is 0 Å². The fraction of sp³-hybridized carbons (Fsp3) is 1.00. The Balaban J connectivity index is 5.64. The lowest BCUT2D eigenvalue weighted by Gasteiger charge is -2.34. The standard InChI is InChI=1S/C5HF12N/c6-1(18(16)17)2(7,8)3(9,10)4(11,12)5(13,14)15/h1H. The van der Waals surface area contributed by atoms with Gasteiger partial charge in [0.25, 0.3) is 6.30 Å². The van der Waals surface area contributed by atoms with Crippen molar-refractivity contribution >= 4 is 0 Å². The first-order valence-corrected chi connectivity index (χ1v) is 3.55. The molecule has 0 aliphatic carbocycles. The molecule has 0 aromatic heterocycles. The SMILES string of the molecule is FC(N(F)F)C(F)(F)C(F)(F)C(F)(F)C(F)(F)F. The van der Waals surface area contributed by atoms with E-state index in [2.05, 4.69) is 0 Å². The van der Waals surface area contributed by atoms with E-state index in [4.69, 9.17) is 0 Å². The summed E-state index contributed by atoms with van der Waals surface area (Å²) in [5.41, 5.74) is 0. The summed E-state index contributed by atoms with van der Waals surface area (Å²) in [5.74, 6) is -21.8. The van der Waals surface area contributed by atoms with Gasteiger partial charge >= 0.3 is 23.9 Å². The minimum atomic E-state index is -7.41. The molecule has 0 amide bonds. The van der Waals surface area contributed by atoms with Crippen molar-refractivity contribution in [3.8, 4) is 0 Å². The number of rotatable bonds is 4. The third-order valence-corrected chi connectivity index (χ3v) is 1.64. The van der Waals surface area contributed by atoms with Crippen molar-refractivity contribution in [3.05, 3.63) is 0 Å². The second kappa shape index (κ2) is 4.35. The second-order valence-electron chi connectivity index (χ2n) is 2.86. The van der Waals surface area contributed by atoms with E-state index >= 15 is 0 Å². The molecule has 0 heterocycles. The average molecular weight is 303 g/mol. The average Bonchev–Trinajstić information content (AvgIpc) is 2.13. The van der Waals surface area contributed by atoms with Gasteiger partial charge in [-0.15, -0.1) is 0 Å². The van der Waals surface area contributed by atoms with Gasteiger partial charge in [-0.05, 0) is 0 Å². The summed E-state index contributed by atoms with van der Waals surface area (Å²) >= 11 is 0. The van der Waals surface area contributed by atoms with Gasteiger partial charge in [0.2, 0.25) is 0 Å². The van der Waals surface area contributed by atoms with Gasteiger partial charge in [-0.3, -0.25) is 0 Å². The van der Waals surface area contributed by atoms with Crippen LogP contribution in [0.4, 0.5) is 52.9 Å². The maximum Gasteiger partial charge on any atom is 0.460 e. The van der Waals surface area contributed by atoms with Gasteiger partial charge < -0.3 is 0 Å². The van der Waals surface area contributed by atoms with E-state index in [1.54, 1.807) is 0 Å². The van der Waals surface area contributed by atoms with Crippen LogP contribution >= 0.6 is 0 Å². The zero-order valence-electron chi connectivity index (χ0n) is 7.56. The summed E-state index contributed by atoms with van der Waals surface area (Å²) in [6, 6.07) is 0. The molecule has 13 heteroatoms. The first-order valence-electron chi connectivity index (χ1n) is 3.55. The minimum absolute atomic E-state index is 3.25. The highest BCUT2D eigenvalue weighted by Gasteiger charge is 2.84. The Labute approximate surface area is 89.8 Å². The minimum Gasteiger partial charge on any atom is -0.217 e. The molecule has 0 N–H and O–H groups in total. The molecular weight excluding hydrogens is 302 g/mol. The second-order valence-corrected chi connectivity index (χ2v) is 2.86. The van der Waals surface area contributed by atoms with Crippen molar-refractivity contribution in [1.29, 1.82) is 0 Å². The van der Waals surface area contributed by atoms with E-state index in [9.17, 15) is 52.9 Å². The van der Waals surface area contributed by atoms with Crippen LogP contribution in [0.15, 0.2) is 0 Å². The van der Waals surface area contributed by atoms with Crippen LogP contribution in [0, 0.1) is 0 Å². The normalized spacial score (nSPS) is 17.2. The highest BCUT2D eigenvalue weighted by atomic mass is 19.4. The van der Waals surface area contributed by atoms with E-state index in [1.165, 1.54) is 0 Å². The molecule has 0 saturated heterocycles. The van der Waals surface area contributed by atoms with Crippen LogP contribution in [0.25, 0.3) is 0 Å². The van der Waals surface area contributed by atoms with Crippen molar-refractivity contribution in [2.24, 2.45) is 0 Å². The Bertz CT molecular complexity index is 291. The summed E-state index contributed by atoms with van der Waals surface area (Å²) in [7, 11) is 0. The molecule has 110 valence electrons. The first kappa shape index (κ1) is 17.1. The molecule has 0 rings (SSSR count). The Morgan fingerprint density at radius 2 is 1.00 bits per heavy atom. The quantitative estimate of drug-likeness (QED) is 0.433. The monoisotopic (exact) mass is 303 g/mol. The molecule has 0 spiro atoms. The summed E-state index contributed by atoms with van der Waals surface area (Å²) < 4.78 is 142. The summed E-state index contributed by atoms with van der Waals surface area (Å²) in [6.45, 7) is 0. The van der Waals surface area contributed by atoms with E-state index in [0.29, 0.717) is 0 Å². The van der Waals surface area contributed by atoms with Gasteiger partial charge in [-0.1, -0.05) is 8.96 Å². The van der Waals surface area contributed by atoms with Gasteiger partial charge in [-0.2, -0.15) is 39.5 Å². The highest BCUT2D eigenvalue weighted by Crippen LogP contribution is 2.54. The molecule has 1 atom stereocenters. The zero-order chi connectivity index (χ0) is 15.2. The lowest BCUT2D eigenvalue weighted by Crippen LogP contribution is -2.64. The number of nitrogens with zero attached hydrogens (tertiary/aromatic N) is 1. The van der Waals surface area contributed by atoms with Gasteiger partial charge in [-0.25, -0.2) is 4.39 Å². The fourth-order valence-corrected chi connectivity index (χ4v) is 0.659. The molecule has 0 radical (unpaired) electrons. The van der Waals surface area contributed by atoms with Crippen LogP contribution in [-0.2, 0) is 0 Å². The Kier molecular flexibility index (Phi) is 4.13. The lowest BCUT2D eigenvalue weighted by molar-refractivity contribution is -0.422. The van der Waals surface area contributed by atoms with Crippen molar-refractivity contribution in [2.45, 2.75) is 30.2 Å². The predicted octanol–water partition coefficient (Wildman–Crippen LogP) is 3.82. The van der Waals surface area contributed by atoms with E-state index < -0.39 is 35.6 Å². The van der Waals surface area contributed by atoms with Crippen molar-refractivity contribution < 1.29 is 52.9 Å². The first-order chi connectivity index (χ1) is 7.60. The van der Waals surface area contributed by atoms with Gasteiger partial charge in [0, 0.05) is 0 Å². The van der Waals surface area contributed by atoms with Crippen molar-refractivity contribution in [2.75, 3.05) is 0 Å². The smallest absolute Gasteiger partial charge is 0.217 e. The fourth-order valence-electron chi connectivity index (χ4n) is 0.659. The summed E-state index contributed by atoms with van der Waals surface area (Å²) in [4.78, 5) is 0. The zero-order valence-corrected chi connectivity index (χ0v) is 7.56. The molecule has 0 aromatic carbocycles. The molecule has 0 saturated carbocycles. The lowest BCUT2D eigenvalue weighted by atomic mass is 10.0. The van der Waals surface area contributed by atoms with Gasteiger partial charge in [0.15, 0.2) is 0 Å². The number of hydrogen-bond acceptors (Lipinski definition) is 1. The highest BCUT2D eigenvalue weighted by molar-refractivity contribution is 5.02. The maximum atomic E-state index is 12.3. The molecule has 0 aromatic rings. The molecule has 0 aliphatic rings. The molecule has 1 nitrogen and oxygen atoms in total. The molecule has 0 aliphatic heterocycles. The largest absolute Gasteiger partial charge is 0.460 e. The molecule has 18 heavy (non-hydrogen) atoms. The Hall–Kier alpha value is -0.880. The molecule has 0 fully saturated rings. The van der Waals surface area contributed by atoms with Gasteiger partial charge in [0.1, 0.15) is 0 Å². The Morgan fingerprint density at radius 3 is 1.22 bits per heavy atom. The third-order valence-electron chi connectivity index (χ3n) is 1.64. The van der Waals surface area contributed by atoms with Crippen LogP contribution in [0.3, 0.4) is 0 Å². The predicted molar refractivity (Wildman–Crippen MR) is 29.8 cm³/mol. The maximum absolute atomic E-state index is 12.3. The number of alkyl halides is 10. The van der Waals surface area contributed by atoms with Crippen LogP contribution in [0.2, 0.25) is 0 Å². The van der Waals surface area contributed by atoms with E-state index in [-0.39, 0.29) is 0 Å². The van der Waals surface area contributed by atoms with Crippen molar-refractivity contribution in [1.82, 2.24) is 5.34 Å². The summed E-state index contributed by atoms with van der Waals surface area (Å²) in [5, 5.41) is -3.25. The molecule has 0 bridgehead atoms. The van der Waals surface area contributed by atoms with E-state index in [0.717, 1.165) is 0 Å². The molecule has 1 unspecified atom stereocenters. The summed E-state index contributed by atoms with van der Waals surface area (Å²) in [6.07, 6.45) is -12.5. The van der Waals surface area contributed by atoms with Crippen molar-refractivity contribution in [3.63, 3.8) is 0 Å². The van der Waals surface area contributed by atoms with Gasteiger partial charge in [0.05, 0.1) is 5.34 Å². The number of hydrogen-bond donors (Lipinski definition) is 0. The topological polar surface area (TPSA) is 3.24 Å².